The number of amides is 1. The largest absolute Gasteiger partial charge is 0.396 e. The minimum Gasteiger partial charge on any atom is -0.396 e. The van der Waals surface area contributed by atoms with Crippen LogP contribution in [0, 0.1) is 0 Å². The predicted molar refractivity (Wildman–Crippen MR) is 52.9 cm³/mol. The summed E-state index contributed by atoms with van der Waals surface area (Å²) in [7, 11) is 0. The lowest BCUT2D eigenvalue weighted by Gasteiger charge is -2.23. The number of carbonyl (C=O) groups is 1. The Bertz CT molecular complexity index is 178. The van der Waals surface area contributed by atoms with Crippen LogP contribution in [0.15, 0.2) is 0 Å². The molecule has 0 aromatic carbocycles. The van der Waals surface area contributed by atoms with Crippen LogP contribution in [0.5, 0.6) is 0 Å². The number of ether oxygens (including phenoxy) is 1. The number of aliphatic hydroxyl groups excluding tert-OH is 1. The van der Waals surface area contributed by atoms with Gasteiger partial charge in [-0.25, -0.2) is 0 Å². The van der Waals surface area contributed by atoms with Gasteiger partial charge in [0, 0.05) is 26.3 Å². The van der Waals surface area contributed by atoms with E-state index >= 15 is 0 Å². The third-order valence-corrected chi connectivity index (χ3v) is 2.48. The summed E-state index contributed by atoms with van der Waals surface area (Å²) in [5.41, 5.74) is 0. The zero-order chi connectivity index (χ0) is 10.4. The molecule has 0 aromatic rings. The van der Waals surface area contributed by atoms with Crippen molar-refractivity contribution < 1.29 is 14.6 Å². The van der Waals surface area contributed by atoms with Crippen LogP contribution in [0.3, 0.4) is 0 Å². The normalized spacial score (nSPS) is 21.1. The SMILES string of the molecule is CCN(CCCO)C(=O)[C@@H]1CCCO1. The molecule has 1 heterocycles. The Morgan fingerprint density at radius 1 is 1.64 bits per heavy atom. The van der Waals surface area contributed by atoms with Gasteiger partial charge in [-0.05, 0) is 26.2 Å². The number of hydrogen-bond donors (Lipinski definition) is 1. The van der Waals surface area contributed by atoms with Crippen molar-refractivity contribution in [3.63, 3.8) is 0 Å². The van der Waals surface area contributed by atoms with Crippen molar-refractivity contribution in [2.75, 3.05) is 26.3 Å². The second-order valence-electron chi connectivity index (χ2n) is 3.50. The topological polar surface area (TPSA) is 49.8 Å². The highest BCUT2D eigenvalue weighted by atomic mass is 16.5. The van der Waals surface area contributed by atoms with Crippen LogP contribution in [0.2, 0.25) is 0 Å². The summed E-state index contributed by atoms with van der Waals surface area (Å²) in [5.74, 6) is 0.0819. The maximum atomic E-state index is 11.8. The van der Waals surface area contributed by atoms with Crippen molar-refractivity contribution in [1.82, 2.24) is 4.90 Å². The van der Waals surface area contributed by atoms with Crippen LogP contribution in [-0.2, 0) is 9.53 Å². The van der Waals surface area contributed by atoms with Gasteiger partial charge < -0.3 is 14.7 Å². The molecular formula is C10H19NO3. The average Bonchev–Trinajstić information content (AvgIpc) is 2.71. The predicted octanol–water partition coefficient (Wildman–Crippen LogP) is 0.396. The first kappa shape index (κ1) is 11.5. The molecular weight excluding hydrogens is 182 g/mol. The third kappa shape index (κ3) is 2.96. The lowest BCUT2D eigenvalue weighted by molar-refractivity contribution is -0.140. The number of aliphatic hydroxyl groups is 1. The van der Waals surface area contributed by atoms with E-state index in [0.29, 0.717) is 26.1 Å². The van der Waals surface area contributed by atoms with Crippen molar-refractivity contribution >= 4 is 5.91 Å². The van der Waals surface area contributed by atoms with Gasteiger partial charge in [0.05, 0.1) is 0 Å². The maximum absolute atomic E-state index is 11.8. The van der Waals surface area contributed by atoms with Crippen molar-refractivity contribution in [2.24, 2.45) is 0 Å². The zero-order valence-electron chi connectivity index (χ0n) is 8.74. The maximum Gasteiger partial charge on any atom is 0.251 e. The number of likely N-dealkylation sites (N-methyl/N-ethyl adjacent to an activating group) is 1. The molecule has 1 atom stereocenters. The number of nitrogens with zero attached hydrogens (tertiary/aromatic N) is 1. The fourth-order valence-electron chi connectivity index (χ4n) is 1.66. The highest BCUT2D eigenvalue weighted by Gasteiger charge is 2.26. The van der Waals surface area contributed by atoms with Crippen molar-refractivity contribution in [3.05, 3.63) is 0 Å². The number of carbonyl (C=O) groups excluding carboxylic acids is 1. The van der Waals surface area contributed by atoms with E-state index < -0.39 is 0 Å². The number of rotatable bonds is 5. The molecule has 1 saturated heterocycles. The molecule has 4 nitrogen and oxygen atoms in total. The van der Waals surface area contributed by atoms with E-state index in [1.807, 2.05) is 6.92 Å². The molecule has 1 aliphatic heterocycles. The van der Waals surface area contributed by atoms with E-state index in [-0.39, 0.29) is 18.6 Å². The molecule has 82 valence electrons. The van der Waals surface area contributed by atoms with Gasteiger partial charge in [-0.3, -0.25) is 4.79 Å². The minimum atomic E-state index is -0.228. The molecule has 0 saturated carbocycles. The molecule has 0 aromatic heterocycles. The molecule has 1 fully saturated rings. The molecule has 14 heavy (non-hydrogen) atoms. The highest BCUT2D eigenvalue weighted by molar-refractivity contribution is 5.81. The number of hydrogen-bond acceptors (Lipinski definition) is 3. The van der Waals surface area contributed by atoms with Crippen LogP contribution in [0.1, 0.15) is 26.2 Å². The molecule has 1 rings (SSSR count). The molecule has 4 heteroatoms. The Morgan fingerprint density at radius 2 is 2.43 bits per heavy atom. The summed E-state index contributed by atoms with van der Waals surface area (Å²) < 4.78 is 5.32. The van der Waals surface area contributed by atoms with Crippen molar-refractivity contribution in [3.8, 4) is 0 Å². The summed E-state index contributed by atoms with van der Waals surface area (Å²) in [6, 6.07) is 0. The lowest BCUT2D eigenvalue weighted by Crippen LogP contribution is -2.39. The van der Waals surface area contributed by atoms with Crippen molar-refractivity contribution in [1.29, 1.82) is 0 Å². The van der Waals surface area contributed by atoms with Crippen molar-refractivity contribution in [2.45, 2.75) is 32.3 Å². The molecule has 1 N–H and O–H groups in total. The Kier molecular flexibility index (Phi) is 4.90. The third-order valence-electron chi connectivity index (χ3n) is 2.48. The van der Waals surface area contributed by atoms with Gasteiger partial charge in [0.15, 0.2) is 0 Å². The molecule has 0 aliphatic carbocycles. The van der Waals surface area contributed by atoms with E-state index in [4.69, 9.17) is 9.84 Å². The van der Waals surface area contributed by atoms with Gasteiger partial charge in [0.2, 0.25) is 0 Å². The molecule has 0 radical (unpaired) electrons. The van der Waals surface area contributed by atoms with E-state index in [0.717, 1.165) is 12.8 Å². The van der Waals surface area contributed by atoms with E-state index in [1.165, 1.54) is 0 Å². The molecule has 1 aliphatic rings. The van der Waals surface area contributed by atoms with Crippen LogP contribution in [0.25, 0.3) is 0 Å². The monoisotopic (exact) mass is 201 g/mol. The van der Waals surface area contributed by atoms with Gasteiger partial charge in [0.25, 0.3) is 5.91 Å². The second kappa shape index (κ2) is 5.98. The van der Waals surface area contributed by atoms with Gasteiger partial charge in [0.1, 0.15) is 6.10 Å². The summed E-state index contributed by atoms with van der Waals surface area (Å²) in [6.45, 7) is 4.11. The first-order valence-corrected chi connectivity index (χ1v) is 5.30. The quantitative estimate of drug-likeness (QED) is 0.700. The smallest absolute Gasteiger partial charge is 0.251 e. The Hall–Kier alpha value is -0.610. The van der Waals surface area contributed by atoms with Crippen LogP contribution in [0.4, 0.5) is 0 Å². The second-order valence-corrected chi connectivity index (χ2v) is 3.50. The fraction of sp³-hybridized carbons (Fsp3) is 0.900. The average molecular weight is 201 g/mol. The fourth-order valence-corrected chi connectivity index (χ4v) is 1.66. The summed E-state index contributed by atoms with van der Waals surface area (Å²) in [5, 5.41) is 8.69. The highest BCUT2D eigenvalue weighted by Crippen LogP contribution is 2.14. The summed E-state index contributed by atoms with van der Waals surface area (Å²) in [4.78, 5) is 13.6. The molecule has 1 amide bonds. The lowest BCUT2D eigenvalue weighted by atomic mass is 10.2. The van der Waals surface area contributed by atoms with Crippen LogP contribution in [-0.4, -0.2) is 48.3 Å². The van der Waals surface area contributed by atoms with Gasteiger partial charge >= 0.3 is 0 Å². The molecule has 0 unspecified atom stereocenters. The van der Waals surface area contributed by atoms with E-state index in [1.54, 1.807) is 4.90 Å². The van der Waals surface area contributed by atoms with E-state index in [9.17, 15) is 4.79 Å². The molecule has 0 bridgehead atoms. The minimum absolute atomic E-state index is 0.0819. The Morgan fingerprint density at radius 3 is 2.93 bits per heavy atom. The first-order valence-electron chi connectivity index (χ1n) is 5.30. The Labute approximate surface area is 84.8 Å². The standard InChI is InChI=1S/C10H19NO3/c1-2-11(6-4-7-12)10(13)9-5-3-8-14-9/h9,12H,2-8H2,1H3/t9-/m0/s1. The van der Waals surface area contributed by atoms with Crippen LogP contribution >= 0.6 is 0 Å². The Balaban J connectivity index is 2.37. The summed E-state index contributed by atoms with van der Waals surface area (Å²) >= 11 is 0. The van der Waals surface area contributed by atoms with E-state index in [2.05, 4.69) is 0 Å². The van der Waals surface area contributed by atoms with Gasteiger partial charge in [-0.2, -0.15) is 0 Å². The molecule has 0 spiro atoms. The first-order chi connectivity index (χ1) is 6.79. The van der Waals surface area contributed by atoms with Gasteiger partial charge in [-0.15, -0.1) is 0 Å². The van der Waals surface area contributed by atoms with Crippen LogP contribution < -0.4 is 0 Å². The zero-order valence-corrected chi connectivity index (χ0v) is 8.74. The summed E-state index contributed by atoms with van der Waals surface area (Å²) in [6.07, 6.45) is 2.24. The van der Waals surface area contributed by atoms with Gasteiger partial charge in [-0.1, -0.05) is 0 Å².